The molecule has 0 N–H and O–H groups in total. The number of hydrogen-bond donors (Lipinski definition) is 0. The van der Waals surface area contributed by atoms with Gasteiger partial charge in [-0.05, 0) is 80.0 Å². The molecule has 1 saturated heterocycles. The van der Waals surface area contributed by atoms with Crippen molar-refractivity contribution in [3.05, 3.63) is 101 Å². The zero-order valence-electron chi connectivity index (χ0n) is 16.7. The van der Waals surface area contributed by atoms with Crippen molar-refractivity contribution in [1.82, 2.24) is 0 Å². The summed E-state index contributed by atoms with van der Waals surface area (Å²) in [5, 5.41) is 11.0. The number of thioether (sulfide) groups is 1. The van der Waals surface area contributed by atoms with Crippen molar-refractivity contribution < 1.29 is 14.5 Å². The zero-order valence-corrected chi connectivity index (χ0v) is 22.1. The second-order valence-corrected chi connectivity index (χ2v) is 10.6. The summed E-state index contributed by atoms with van der Waals surface area (Å²) in [6, 6.07) is 19.4. The van der Waals surface area contributed by atoms with Crippen LogP contribution in [-0.2, 0) is 11.4 Å². The first-order valence-electron chi connectivity index (χ1n) is 9.51. The fraction of sp³-hybridized carbons (Fsp3) is 0.0435. The highest BCUT2D eigenvalue weighted by atomic mass is 127. The Morgan fingerprint density at radius 2 is 1.91 bits per heavy atom. The van der Waals surface area contributed by atoms with Crippen molar-refractivity contribution in [3.63, 3.8) is 0 Å². The van der Waals surface area contributed by atoms with Crippen LogP contribution in [0.25, 0.3) is 6.08 Å². The van der Waals surface area contributed by atoms with Gasteiger partial charge in [-0.25, -0.2) is 0 Å². The van der Waals surface area contributed by atoms with Gasteiger partial charge >= 0.3 is 0 Å². The van der Waals surface area contributed by atoms with Gasteiger partial charge in [0.15, 0.2) is 4.32 Å². The van der Waals surface area contributed by atoms with Crippen molar-refractivity contribution in [2.45, 2.75) is 6.61 Å². The fourth-order valence-electron chi connectivity index (χ4n) is 3.13. The quantitative estimate of drug-likeness (QED) is 0.0944. The highest BCUT2D eigenvalue weighted by Crippen LogP contribution is 2.38. The van der Waals surface area contributed by atoms with Crippen molar-refractivity contribution in [1.29, 1.82) is 0 Å². The minimum Gasteiger partial charge on any atom is -0.487 e. The van der Waals surface area contributed by atoms with Gasteiger partial charge in [0.05, 0.1) is 23.6 Å². The summed E-state index contributed by atoms with van der Waals surface area (Å²) >= 11 is 12.4. The number of para-hydroxylation sites is 1. The summed E-state index contributed by atoms with van der Waals surface area (Å²) in [7, 11) is 0. The topological polar surface area (TPSA) is 72.7 Å². The third-order valence-corrected chi connectivity index (χ3v) is 7.32. The maximum atomic E-state index is 13.0. The van der Waals surface area contributed by atoms with E-state index in [1.54, 1.807) is 18.2 Å². The van der Waals surface area contributed by atoms with Crippen LogP contribution in [0.5, 0.6) is 5.75 Å². The number of ether oxygens (including phenoxy) is 1. The van der Waals surface area contributed by atoms with E-state index in [9.17, 15) is 14.9 Å². The van der Waals surface area contributed by atoms with Crippen LogP contribution >= 0.6 is 62.5 Å². The van der Waals surface area contributed by atoms with E-state index in [-0.39, 0.29) is 18.2 Å². The number of halogens is 2. The number of carbonyl (C=O) groups excluding carboxylic acids is 1. The normalized spacial score (nSPS) is 14.7. The molecule has 33 heavy (non-hydrogen) atoms. The Hall–Kier alpha value is -2.28. The number of nitro groups is 1. The predicted molar refractivity (Wildman–Crippen MR) is 146 cm³/mol. The number of thiocarbonyl (C=S) groups is 1. The van der Waals surface area contributed by atoms with Crippen LogP contribution in [0.3, 0.4) is 0 Å². The molecule has 1 fully saturated rings. The summed E-state index contributed by atoms with van der Waals surface area (Å²) in [5.74, 6) is 0.462. The lowest BCUT2D eigenvalue weighted by molar-refractivity contribution is -0.384. The number of amides is 1. The largest absolute Gasteiger partial charge is 0.487 e. The average molecular weight is 653 g/mol. The van der Waals surface area contributed by atoms with Crippen LogP contribution in [0.1, 0.15) is 11.1 Å². The number of hydrogen-bond acceptors (Lipinski definition) is 6. The van der Waals surface area contributed by atoms with E-state index in [1.807, 2.05) is 42.5 Å². The number of benzene rings is 3. The Bertz CT molecular complexity index is 1280. The van der Waals surface area contributed by atoms with Gasteiger partial charge in [-0.15, -0.1) is 0 Å². The molecule has 0 atom stereocenters. The van der Waals surface area contributed by atoms with Crippen LogP contribution < -0.4 is 9.64 Å². The lowest BCUT2D eigenvalue weighted by Gasteiger charge is -2.14. The van der Waals surface area contributed by atoms with Gasteiger partial charge in [-0.3, -0.25) is 19.8 Å². The minimum absolute atomic E-state index is 0.0213. The minimum atomic E-state index is -0.432. The van der Waals surface area contributed by atoms with Gasteiger partial charge in [0, 0.05) is 12.1 Å². The Kier molecular flexibility index (Phi) is 7.47. The first-order valence-corrected chi connectivity index (χ1v) is 12.6. The van der Waals surface area contributed by atoms with Crippen LogP contribution in [0.2, 0.25) is 0 Å². The van der Waals surface area contributed by atoms with Crippen molar-refractivity contribution in [2.24, 2.45) is 0 Å². The molecule has 0 bridgehead atoms. The average Bonchev–Trinajstić information content (AvgIpc) is 3.06. The summed E-state index contributed by atoms with van der Waals surface area (Å²) in [5.41, 5.74) is 2.28. The molecular weight excluding hydrogens is 639 g/mol. The maximum absolute atomic E-state index is 13.0. The number of nitro benzene ring substituents is 1. The van der Waals surface area contributed by atoms with E-state index in [2.05, 4.69) is 38.5 Å². The molecule has 1 amide bonds. The molecule has 0 radical (unpaired) electrons. The summed E-state index contributed by atoms with van der Waals surface area (Å²) in [4.78, 5) is 25.6. The third kappa shape index (κ3) is 5.45. The SMILES string of the molecule is O=C1/C(=C\c2cc(Br)c(OCc3cccc([N+](=O)[O-])c3)c(I)c2)SC(=S)N1c1ccccc1. The van der Waals surface area contributed by atoms with Crippen molar-refractivity contribution in [2.75, 3.05) is 4.90 Å². The predicted octanol–water partition coefficient (Wildman–Crippen LogP) is 6.95. The molecule has 0 spiro atoms. The summed E-state index contributed by atoms with van der Waals surface area (Å²) in [6.45, 7) is 0.186. The Morgan fingerprint density at radius 1 is 1.15 bits per heavy atom. The van der Waals surface area contributed by atoms with E-state index >= 15 is 0 Å². The van der Waals surface area contributed by atoms with E-state index in [0.717, 1.165) is 14.8 Å². The molecule has 1 aliphatic heterocycles. The smallest absolute Gasteiger partial charge is 0.270 e. The molecule has 3 aromatic rings. The number of nitrogens with zero attached hydrogens (tertiary/aromatic N) is 2. The highest BCUT2D eigenvalue weighted by molar-refractivity contribution is 14.1. The Labute approximate surface area is 221 Å². The van der Waals surface area contributed by atoms with Gasteiger partial charge in [0.1, 0.15) is 12.4 Å². The number of carbonyl (C=O) groups is 1. The second kappa shape index (κ2) is 10.3. The zero-order chi connectivity index (χ0) is 23.5. The molecule has 1 aliphatic rings. The molecule has 0 saturated carbocycles. The van der Waals surface area contributed by atoms with E-state index in [4.69, 9.17) is 17.0 Å². The molecule has 3 aromatic carbocycles. The molecule has 0 aromatic heterocycles. The standard InChI is InChI=1S/C23H14BrIN2O4S2/c24-18-10-15(12-20-22(28)26(23(32)33-20)16-6-2-1-3-7-16)11-19(25)21(18)31-13-14-5-4-8-17(9-14)27(29)30/h1-12H,13H2/b20-12+. The van der Waals surface area contributed by atoms with E-state index in [0.29, 0.717) is 25.0 Å². The Morgan fingerprint density at radius 3 is 2.61 bits per heavy atom. The van der Waals surface area contributed by atoms with Crippen LogP contribution in [-0.4, -0.2) is 15.2 Å². The first-order chi connectivity index (χ1) is 15.8. The van der Waals surface area contributed by atoms with E-state index in [1.165, 1.54) is 28.8 Å². The molecule has 166 valence electrons. The molecule has 0 aliphatic carbocycles. The van der Waals surface area contributed by atoms with Crippen LogP contribution in [0.4, 0.5) is 11.4 Å². The third-order valence-electron chi connectivity index (χ3n) is 4.63. The highest BCUT2D eigenvalue weighted by Gasteiger charge is 2.33. The molecule has 0 unspecified atom stereocenters. The van der Waals surface area contributed by atoms with Crippen LogP contribution in [0.15, 0.2) is 76.1 Å². The van der Waals surface area contributed by atoms with Gasteiger partial charge in [0.2, 0.25) is 0 Å². The van der Waals surface area contributed by atoms with Gasteiger partial charge in [-0.2, -0.15) is 0 Å². The number of anilines is 1. The van der Waals surface area contributed by atoms with Crippen molar-refractivity contribution >= 4 is 90.2 Å². The number of rotatable bonds is 6. The Balaban J connectivity index is 1.53. The second-order valence-electron chi connectivity index (χ2n) is 6.88. The van der Waals surface area contributed by atoms with Gasteiger partial charge in [-0.1, -0.05) is 54.3 Å². The van der Waals surface area contributed by atoms with E-state index < -0.39 is 4.92 Å². The molecule has 1 heterocycles. The first kappa shape index (κ1) is 23.9. The lowest BCUT2D eigenvalue weighted by Crippen LogP contribution is -2.27. The molecule has 4 rings (SSSR count). The lowest BCUT2D eigenvalue weighted by atomic mass is 10.2. The molecule has 10 heteroatoms. The molecular formula is C23H14BrIN2O4S2. The number of non-ortho nitro benzene ring substituents is 1. The fourth-order valence-corrected chi connectivity index (χ4v) is 6.20. The summed E-state index contributed by atoms with van der Waals surface area (Å²) in [6.07, 6.45) is 1.81. The van der Waals surface area contributed by atoms with Gasteiger partial charge < -0.3 is 4.74 Å². The van der Waals surface area contributed by atoms with Crippen LogP contribution in [0, 0.1) is 13.7 Å². The van der Waals surface area contributed by atoms with Gasteiger partial charge in [0.25, 0.3) is 11.6 Å². The summed E-state index contributed by atoms with van der Waals surface area (Å²) < 4.78 is 7.96. The maximum Gasteiger partial charge on any atom is 0.270 e. The van der Waals surface area contributed by atoms with Crippen molar-refractivity contribution in [3.8, 4) is 5.75 Å². The molecule has 6 nitrogen and oxygen atoms in total. The monoisotopic (exact) mass is 652 g/mol.